The molecule has 29 heavy (non-hydrogen) atoms. The molecule has 156 valence electrons. The van der Waals surface area contributed by atoms with Gasteiger partial charge in [-0.15, -0.1) is 16.8 Å². The molecule has 9 nitrogen and oxygen atoms in total. The molecule has 11 heteroatoms. The van der Waals surface area contributed by atoms with Crippen LogP contribution in [0, 0.1) is 0 Å². The Hall–Kier alpha value is -2.27. The van der Waals surface area contributed by atoms with Crippen LogP contribution in [-0.2, 0) is 17.1 Å². The van der Waals surface area contributed by atoms with Gasteiger partial charge in [0, 0.05) is 18.7 Å². The molecule has 0 unspecified atom stereocenters. The summed E-state index contributed by atoms with van der Waals surface area (Å²) in [4.78, 5) is 20.6. The zero-order chi connectivity index (χ0) is 20.6. The van der Waals surface area contributed by atoms with E-state index in [1.165, 1.54) is 48.9 Å². The third kappa shape index (κ3) is 6.36. The molecule has 0 atom stereocenters. The third-order valence-electron chi connectivity index (χ3n) is 4.48. The molecule has 1 aliphatic carbocycles. The molecule has 2 heterocycles. The molecule has 2 aromatic heterocycles. The Bertz CT molecular complexity index is 830. The van der Waals surface area contributed by atoms with E-state index in [-0.39, 0.29) is 5.91 Å². The van der Waals surface area contributed by atoms with Crippen molar-refractivity contribution < 1.29 is 4.79 Å². The predicted octanol–water partition coefficient (Wildman–Crippen LogP) is 2.25. The molecule has 3 rings (SSSR count). The topological polar surface area (TPSA) is 138 Å². The van der Waals surface area contributed by atoms with Crippen molar-refractivity contribution in [3.63, 3.8) is 0 Å². The van der Waals surface area contributed by atoms with E-state index in [2.05, 4.69) is 32.1 Å². The highest BCUT2D eigenvalue weighted by molar-refractivity contribution is 7.99. The van der Waals surface area contributed by atoms with Crippen LogP contribution in [0.25, 0.3) is 0 Å². The Morgan fingerprint density at radius 2 is 1.93 bits per heavy atom. The molecular weight excluding hydrogens is 408 g/mol. The van der Waals surface area contributed by atoms with Crippen molar-refractivity contribution in [2.24, 2.45) is 0 Å². The Kier molecular flexibility index (Phi) is 7.76. The molecule has 0 saturated heterocycles. The molecule has 0 aromatic carbocycles. The highest BCUT2D eigenvalue weighted by Crippen LogP contribution is 2.24. The lowest BCUT2D eigenvalue weighted by Gasteiger charge is -2.22. The molecule has 0 spiro atoms. The van der Waals surface area contributed by atoms with E-state index >= 15 is 0 Å². The maximum atomic E-state index is 12.3. The van der Waals surface area contributed by atoms with E-state index in [1.54, 1.807) is 6.08 Å². The molecule has 1 aliphatic rings. The van der Waals surface area contributed by atoms with E-state index in [9.17, 15) is 4.79 Å². The number of nitrogens with zero attached hydrogens (tertiary/aromatic N) is 5. The number of nitrogen functional groups attached to an aromatic ring is 2. The first kappa shape index (κ1) is 21.4. The zero-order valence-electron chi connectivity index (χ0n) is 16.2. The highest BCUT2D eigenvalue weighted by Gasteiger charge is 2.18. The van der Waals surface area contributed by atoms with Crippen molar-refractivity contribution in [1.29, 1.82) is 0 Å². The number of rotatable bonds is 9. The Morgan fingerprint density at radius 3 is 2.62 bits per heavy atom. The first-order chi connectivity index (χ1) is 14.0. The van der Waals surface area contributed by atoms with Gasteiger partial charge in [-0.05, 0) is 12.8 Å². The van der Waals surface area contributed by atoms with Gasteiger partial charge in [-0.2, -0.15) is 0 Å². The smallest absolute Gasteiger partial charge is 0.230 e. The number of thioether (sulfide) groups is 2. The number of aromatic nitrogens is 5. The highest BCUT2D eigenvalue weighted by atomic mass is 32.2. The average molecular weight is 435 g/mol. The lowest BCUT2D eigenvalue weighted by atomic mass is 9.95. The lowest BCUT2D eigenvalue weighted by molar-refractivity contribution is -0.119. The summed E-state index contributed by atoms with van der Waals surface area (Å²) in [5.41, 5.74) is 11.4. The fourth-order valence-electron chi connectivity index (χ4n) is 3.15. The summed E-state index contributed by atoms with van der Waals surface area (Å²) in [6.45, 7) is 4.35. The lowest BCUT2D eigenvalue weighted by Crippen LogP contribution is -2.37. The van der Waals surface area contributed by atoms with Crippen LogP contribution < -0.4 is 16.8 Å². The summed E-state index contributed by atoms with van der Waals surface area (Å²) in [5.74, 6) is 2.25. The minimum atomic E-state index is 0.0367. The number of allylic oxidation sites excluding steroid dienone is 1. The van der Waals surface area contributed by atoms with Gasteiger partial charge in [0.15, 0.2) is 10.3 Å². The summed E-state index contributed by atoms with van der Waals surface area (Å²) in [7, 11) is 0. The monoisotopic (exact) mass is 434 g/mol. The predicted molar refractivity (Wildman–Crippen MR) is 116 cm³/mol. The van der Waals surface area contributed by atoms with Gasteiger partial charge in [0.2, 0.25) is 5.91 Å². The number of anilines is 2. The second-order valence-electron chi connectivity index (χ2n) is 6.78. The summed E-state index contributed by atoms with van der Waals surface area (Å²) in [6, 6.07) is 1.82. The average Bonchev–Trinajstić information content (AvgIpc) is 3.07. The number of nitrogens with one attached hydrogen (secondary N) is 1. The van der Waals surface area contributed by atoms with Crippen LogP contribution in [0.3, 0.4) is 0 Å². The minimum Gasteiger partial charge on any atom is -0.383 e. The maximum absolute atomic E-state index is 12.3. The number of hydrogen-bond acceptors (Lipinski definition) is 9. The molecular formula is C18H26N8OS2. The second-order valence-corrected chi connectivity index (χ2v) is 8.66. The van der Waals surface area contributed by atoms with Crippen molar-refractivity contribution in [2.75, 3.05) is 17.2 Å². The number of carbonyl (C=O) groups is 1. The van der Waals surface area contributed by atoms with Gasteiger partial charge >= 0.3 is 0 Å². The molecule has 1 fully saturated rings. The summed E-state index contributed by atoms with van der Waals surface area (Å²) < 4.78 is 1.94. The van der Waals surface area contributed by atoms with Crippen molar-refractivity contribution in [3.8, 4) is 0 Å². The molecule has 0 aliphatic heterocycles. The Balaban J connectivity index is 1.58. The zero-order valence-corrected chi connectivity index (χ0v) is 17.8. The van der Waals surface area contributed by atoms with Crippen molar-refractivity contribution in [1.82, 2.24) is 30.0 Å². The van der Waals surface area contributed by atoms with Gasteiger partial charge < -0.3 is 21.4 Å². The molecule has 0 radical (unpaired) electrons. The molecule has 5 N–H and O–H groups in total. The van der Waals surface area contributed by atoms with Crippen LogP contribution in [0.4, 0.5) is 11.6 Å². The van der Waals surface area contributed by atoms with Gasteiger partial charge in [0.1, 0.15) is 17.5 Å². The van der Waals surface area contributed by atoms with Crippen molar-refractivity contribution in [3.05, 3.63) is 24.5 Å². The number of nitrogens with two attached hydrogens (primary N) is 2. The first-order valence-electron chi connectivity index (χ1n) is 9.53. The summed E-state index contributed by atoms with van der Waals surface area (Å²) in [5, 5.41) is 12.8. The van der Waals surface area contributed by atoms with Gasteiger partial charge in [-0.25, -0.2) is 9.97 Å². The standard InChI is InChI=1S/C18H26N8OS2/c1-2-8-26-15(10-28-17-22-13(19)9-14(20)23-17)24-25-18(26)29-11-16(27)21-12-6-4-3-5-7-12/h2,9,12H,1,3-8,10-11H2,(H,21,27)(H4,19,20,22,23). The number of hydrogen-bond donors (Lipinski definition) is 3. The fraction of sp³-hybridized carbons (Fsp3) is 0.500. The van der Waals surface area contributed by atoms with E-state index in [0.29, 0.717) is 46.0 Å². The van der Waals surface area contributed by atoms with Crippen molar-refractivity contribution >= 4 is 41.1 Å². The summed E-state index contributed by atoms with van der Waals surface area (Å²) >= 11 is 2.75. The largest absolute Gasteiger partial charge is 0.383 e. The fourth-order valence-corrected chi connectivity index (χ4v) is 4.74. The quantitative estimate of drug-likeness (QED) is 0.308. The Morgan fingerprint density at radius 1 is 1.21 bits per heavy atom. The van der Waals surface area contributed by atoms with E-state index in [1.807, 2.05) is 4.57 Å². The van der Waals surface area contributed by atoms with E-state index in [4.69, 9.17) is 11.5 Å². The van der Waals surface area contributed by atoms with Crippen LogP contribution in [0.5, 0.6) is 0 Å². The van der Waals surface area contributed by atoms with Gasteiger partial charge in [0.25, 0.3) is 0 Å². The van der Waals surface area contributed by atoms with Crippen LogP contribution in [0.2, 0.25) is 0 Å². The molecule has 1 amide bonds. The van der Waals surface area contributed by atoms with E-state index < -0.39 is 0 Å². The first-order valence-corrected chi connectivity index (χ1v) is 11.5. The number of amides is 1. The van der Waals surface area contributed by atoms with Crippen LogP contribution >= 0.6 is 23.5 Å². The maximum Gasteiger partial charge on any atom is 0.230 e. The van der Waals surface area contributed by atoms with E-state index in [0.717, 1.165) is 18.7 Å². The third-order valence-corrected chi connectivity index (χ3v) is 6.29. The van der Waals surface area contributed by atoms with Crippen LogP contribution in [0.1, 0.15) is 37.9 Å². The molecule has 1 saturated carbocycles. The number of carbonyl (C=O) groups excluding carboxylic acids is 1. The molecule has 2 aromatic rings. The summed E-state index contributed by atoms with van der Waals surface area (Å²) in [6.07, 6.45) is 7.56. The van der Waals surface area contributed by atoms with Gasteiger partial charge in [-0.1, -0.05) is 48.9 Å². The minimum absolute atomic E-state index is 0.0367. The normalized spacial score (nSPS) is 14.6. The van der Waals surface area contributed by atoms with Crippen molar-refractivity contribution in [2.45, 2.75) is 60.8 Å². The van der Waals surface area contributed by atoms with Crippen LogP contribution in [0.15, 0.2) is 29.0 Å². The Labute approximate surface area is 178 Å². The van der Waals surface area contributed by atoms with Gasteiger partial charge in [-0.3, -0.25) is 4.79 Å². The molecule has 0 bridgehead atoms. The SMILES string of the molecule is C=CCn1c(CSc2nc(N)cc(N)n2)nnc1SCC(=O)NC1CCCCC1. The van der Waals surface area contributed by atoms with Crippen LogP contribution in [-0.4, -0.2) is 42.4 Å². The van der Waals surface area contributed by atoms with Gasteiger partial charge in [0.05, 0.1) is 11.5 Å². The second kappa shape index (κ2) is 10.5.